The van der Waals surface area contributed by atoms with Crippen LogP contribution in [0.5, 0.6) is 0 Å². The van der Waals surface area contributed by atoms with Crippen molar-refractivity contribution < 1.29 is 4.79 Å². The molecule has 0 aliphatic carbocycles. The monoisotopic (exact) mass is 263 g/mol. The van der Waals surface area contributed by atoms with Crippen molar-refractivity contribution in [3.63, 3.8) is 0 Å². The Hall–Kier alpha value is -1.85. The number of aromatic nitrogens is 2. The van der Waals surface area contributed by atoms with Gasteiger partial charge in [-0.25, -0.2) is 9.97 Å². The Morgan fingerprint density at radius 2 is 2.11 bits per heavy atom. The quantitative estimate of drug-likeness (QED) is 0.778. The standard InChI is InChI=1S/C13H21N5O/c1-13(2,3)12-16-9(14)7-10(17-12)18-6-4-5-15-11(19)8-18/h7H,4-6,8H2,1-3H3,(H,15,19)(H2,14,16,17). The van der Waals surface area contributed by atoms with Crippen LogP contribution in [0.4, 0.5) is 11.6 Å². The molecule has 2 rings (SSSR count). The maximum Gasteiger partial charge on any atom is 0.239 e. The molecule has 0 saturated carbocycles. The largest absolute Gasteiger partial charge is 0.384 e. The molecule has 6 nitrogen and oxygen atoms in total. The Morgan fingerprint density at radius 3 is 2.79 bits per heavy atom. The van der Waals surface area contributed by atoms with Gasteiger partial charge < -0.3 is 16.0 Å². The Bertz CT molecular complexity index is 480. The molecule has 1 aliphatic rings. The first-order chi connectivity index (χ1) is 8.86. The minimum atomic E-state index is -0.168. The van der Waals surface area contributed by atoms with Crippen LogP contribution in [0.1, 0.15) is 33.0 Å². The molecule has 0 bridgehead atoms. The van der Waals surface area contributed by atoms with Crippen LogP contribution in [0, 0.1) is 0 Å². The molecular weight excluding hydrogens is 242 g/mol. The maximum absolute atomic E-state index is 11.6. The Labute approximate surface area is 113 Å². The number of nitrogens with one attached hydrogen (secondary N) is 1. The summed E-state index contributed by atoms with van der Waals surface area (Å²) in [5, 5.41) is 2.85. The molecule has 2 heterocycles. The van der Waals surface area contributed by atoms with Gasteiger partial charge in [0.15, 0.2) is 0 Å². The Kier molecular flexibility index (Phi) is 3.59. The highest BCUT2D eigenvalue weighted by Crippen LogP contribution is 2.23. The smallest absolute Gasteiger partial charge is 0.239 e. The van der Waals surface area contributed by atoms with E-state index in [1.165, 1.54) is 0 Å². The van der Waals surface area contributed by atoms with E-state index in [1.54, 1.807) is 6.07 Å². The van der Waals surface area contributed by atoms with Crippen molar-refractivity contribution in [1.29, 1.82) is 0 Å². The first kappa shape index (κ1) is 13.6. The molecule has 1 aromatic rings. The summed E-state index contributed by atoms with van der Waals surface area (Å²) in [5.74, 6) is 1.90. The van der Waals surface area contributed by atoms with E-state index in [1.807, 2.05) is 25.7 Å². The van der Waals surface area contributed by atoms with Crippen LogP contribution >= 0.6 is 0 Å². The van der Waals surface area contributed by atoms with Crippen LogP contribution in [0.25, 0.3) is 0 Å². The van der Waals surface area contributed by atoms with Crippen LogP contribution in [0.15, 0.2) is 6.07 Å². The van der Waals surface area contributed by atoms with Crippen molar-refractivity contribution in [2.24, 2.45) is 0 Å². The second-order valence-corrected chi connectivity index (χ2v) is 5.85. The molecule has 0 unspecified atom stereocenters. The van der Waals surface area contributed by atoms with Gasteiger partial charge in [0, 0.05) is 24.6 Å². The highest BCUT2D eigenvalue weighted by Gasteiger charge is 2.22. The molecule has 3 N–H and O–H groups in total. The highest BCUT2D eigenvalue weighted by atomic mass is 16.2. The van der Waals surface area contributed by atoms with E-state index in [4.69, 9.17) is 5.73 Å². The lowest BCUT2D eigenvalue weighted by molar-refractivity contribution is -0.119. The molecule has 104 valence electrons. The predicted octanol–water partition coefficient (Wildman–Crippen LogP) is 0.683. The van der Waals surface area contributed by atoms with Crippen LogP contribution < -0.4 is 16.0 Å². The topological polar surface area (TPSA) is 84.1 Å². The maximum atomic E-state index is 11.6. The third-order valence-corrected chi connectivity index (χ3v) is 2.99. The molecular formula is C13H21N5O. The fourth-order valence-corrected chi connectivity index (χ4v) is 1.95. The molecule has 1 aromatic heterocycles. The number of nitrogens with two attached hydrogens (primary N) is 1. The lowest BCUT2D eigenvalue weighted by atomic mass is 9.96. The van der Waals surface area contributed by atoms with Gasteiger partial charge in [0.25, 0.3) is 0 Å². The summed E-state index contributed by atoms with van der Waals surface area (Å²) in [6, 6.07) is 1.73. The summed E-state index contributed by atoms with van der Waals surface area (Å²) < 4.78 is 0. The van der Waals surface area contributed by atoms with E-state index in [9.17, 15) is 4.79 Å². The van der Waals surface area contributed by atoms with Gasteiger partial charge in [-0.15, -0.1) is 0 Å². The van der Waals surface area contributed by atoms with Crippen molar-refractivity contribution >= 4 is 17.5 Å². The van der Waals surface area contributed by atoms with E-state index >= 15 is 0 Å². The molecule has 19 heavy (non-hydrogen) atoms. The van der Waals surface area contributed by atoms with Crippen molar-refractivity contribution in [1.82, 2.24) is 15.3 Å². The summed E-state index contributed by atoms with van der Waals surface area (Å²) in [7, 11) is 0. The number of amides is 1. The number of carbonyl (C=O) groups excluding carboxylic acids is 1. The third-order valence-electron chi connectivity index (χ3n) is 2.99. The van der Waals surface area contributed by atoms with Crippen molar-refractivity contribution in [3.05, 3.63) is 11.9 Å². The summed E-state index contributed by atoms with van der Waals surface area (Å²) in [6.07, 6.45) is 0.903. The van der Waals surface area contributed by atoms with E-state index in [2.05, 4.69) is 15.3 Å². The Balaban J connectivity index is 2.33. The zero-order chi connectivity index (χ0) is 14.0. The molecule has 0 aromatic carbocycles. The van der Waals surface area contributed by atoms with Gasteiger partial charge in [-0.3, -0.25) is 4.79 Å². The fourth-order valence-electron chi connectivity index (χ4n) is 1.95. The number of anilines is 2. The normalized spacial score (nSPS) is 17.0. The SMILES string of the molecule is CC(C)(C)c1nc(N)cc(N2CCCNC(=O)C2)n1. The number of hydrogen-bond acceptors (Lipinski definition) is 5. The molecule has 1 amide bonds. The van der Waals surface area contributed by atoms with Crippen molar-refractivity contribution in [3.8, 4) is 0 Å². The van der Waals surface area contributed by atoms with E-state index in [0.717, 1.165) is 18.8 Å². The minimum absolute atomic E-state index is 0.0204. The summed E-state index contributed by atoms with van der Waals surface area (Å²) in [5.41, 5.74) is 5.69. The second kappa shape index (κ2) is 5.03. The average molecular weight is 263 g/mol. The third kappa shape index (κ3) is 3.33. The van der Waals surface area contributed by atoms with Gasteiger partial charge in [-0.2, -0.15) is 0 Å². The van der Waals surface area contributed by atoms with Gasteiger partial charge in [0.2, 0.25) is 5.91 Å². The molecule has 0 spiro atoms. The predicted molar refractivity (Wildman–Crippen MR) is 75.0 cm³/mol. The van der Waals surface area contributed by atoms with Crippen molar-refractivity contribution in [2.75, 3.05) is 30.3 Å². The number of carbonyl (C=O) groups is 1. The number of nitrogens with zero attached hydrogens (tertiary/aromatic N) is 3. The fraction of sp³-hybridized carbons (Fsp3) is 0.615. The van der Waals surface area contributed by atoms with Crippen LogP contribution in [-0.4, -0.2) is 35.5 Å². The summed E-state index contributed by atoms with van der Waals surface area (Å²) >= 11 is 0. The van der Waals surface area contributed by atoms with Crippen LogP contribution in [0.3, 0.4) is 0 Å². The van der Waals surface area contributed by atoms with E-state index < -0.39 is 0 Å². The number of rotatable bonds is 1. The minimum Gasteiger partial charge on any atom is -0.384 e. The molecule has 1 fully saturated rings. The molecule has 6 heteroatoms. The first-order valence-electron chi connectivity index (χ1n) is 6.53. The van der Waals surface area contributed by atoms with Gasteiger partial charge >= 0.3 is 0 Å². The van der Waals surface area contributed by atoms with E-state index in [-0.39, 0.29) is 11.3 Å². The lowest BCUT2D eigenvalue weighted by Gasteiger charge is -2.23. The lowest BCUT2D eigenvalue weighted by Crippen LogP contribution is -2.34. The molecule has 0 atom stereocenters. The number of nitrogen functional groups attached to an aromatic ring is 1. The van der Waals surface area contributed by atoms with E-state index in [0.29, 0.717) is 24.7 Å². The van der Waals surface area contributed by atoms with Crippen LogP contribution in [-0.2, 0) is 10.2 Å². The second-order valence-electron chi connectivity index (χ2n) is 5.85. The van der Waals surface area contributed by atoms with Gasteiger partial charge in [-0.1, -0.05) is 20.8 Å². The Morgan fingerprint density at radius 1 is 1.37 bits per heavy atom. The molecule has 1 aliphatic heterocycles. The van der Waals surface area contributed by atoms with Gasteiger partial charge in [0.1, 0.15) is 17.5 Å². The first-order valence-corrected chi connectivity index (χ1v) is 6.53. The summed E-state index contributed by atoms with van der Waals surface area (Å²) in [4.78, 5) is 22.4. The number of hydrogen-bond donors (Lipinski definition) is 2. The zero-order valence-corrected chi connectivity index (χ0v) is 11.7. The van der Waals surface area contributed by atoms with Gasteiger partial charge in [0.05, 0.1) is 6.54 Å². The molecule has 0 radical (unpaired) electrons. The summed E-state index contributed by atoms with van der Waals surface area (Å²) in [6.45, 7) is 7.95. The van der Waals surface area contributed by atoms with Crippen LogP contribution in [0.2, 0.25) is 0 Å². The van der Waals surface area contributed by atoms with Gasteiger partial charge in [-0.05, 0) is 6.42 Å². The average Bonchev–Trinajstić information content (AvgIpc) is 2.52. The zero-order valence-electron chi connectivity index (χ0n) is 11.7. The molecule has 1 saturated heterocycles. The van der Waals surface area contributed by atoms with Crippen molar-refractivity contribution in [2.45, 2.75) is 32.6 Å². The highest BCUT2D eigenvalue weighted by molar-refractivity contribution is 5.81.